The van der Waals surface area contributed by atoms with Gasteiger partial charge in [-0.25, -0.2) is 15.0 Å². The van der Waals surface area contributed by atoms with Crippen LogP contribution < -0.4 is 0 Å². The number of hydrogen-bond donors (Lipinski definition) is 0. The molecule has 2 rings (SSSR count). The minimum Gasteiger partial charge on any atom is -0.467 e. The predicted molar refractivity (Wildman–Crippen MR) is 64.7 cm³/mol. The average molecular weight is 258 g/mol. The molecule has 0 radical (unpaired) electrons. The van der Waals surface area contributed by atoms with E-state index in [2.05, 4.69) is 15.0 Å². The summed E-state index contributed by atoms with van der Waals surface area (Å²) in [7, 11) is 1.55. The number of aliphatic imine (C=N–C) groups is 2. The second-order valence-corrected chi connectivity index (χ2v) is 4.05. The highest BCUT2D eigenvalue weighted by Gasteiger charge is 2.11. The molecule has 2 heterocycles. The Balaban J connectivity index is 2.11. The highest BCUT2D eigenvalue weighted by Crippen LogP contribution is 2.16. The number of halogens is 2. The van der Waals surface area contributed by atoms with Crippen molar-refractivity contribution in [2.75, 3.05) is 13.7 Å². The number of methoxy groups -OCH3 is 1. The lowest BCUT2D eigenvalue weighted by atomic mass is 10.1. The number of hydrogen-bond acceptors (Lipinski definition) is 4. The van der Waals surface area contributed by atoms with Gasteiger partial charge in [-0.3, -0.25) is 0 Å². The van der Waals surface area contributed by atoms with E-state index in [1.165, 1.54) is 0 Å². The van der Waals surface area contributed by atoms with Crippen molar-refractivity contribution in [3.63, 3.8) is 0 Å². The Morgan fingerprint density at radius 1 is 1.31 bits per heavy atom. The Hall–Kier alpha value is -1.13. The van der Waals surface area contributed by atoms with Crippen molar-refractivity contribution in [1.29, 1.82) is 0 Å². The summed E-state index contributed by atoms with van der Waals surface area (Å²) in [4.78, 5) is 12.2. The summed E-state index contributed by atoms with van der Waals surface area (Å²) < 4.78 is 4.92. The summed E-state index contributed by atoms with van der Waals surface area (Å²) in [5, 5.41) is 0.767. The summed E-state index contributed by atoms with van der Waals surface area (Å²) >= 11 is 11.6. The zero-order chi connectivity index (χ0) is 11.5. The largest absolute Gasteiger partial charge is 0.467 e. The van der Waals surface area contributed by atoms with Crippen LogP contribution in [0.1, 0.15) is 5.56 Å². The van der Waals surface area contributed by atoms with Gasteiger partial charge in [0.05, 0.1) is 13.7 Å². The molecular weight excluding hydrogens is 249 g/mol. The maximum atomic E-state index is 5.80. The summed E-state index contributed by atoms with van der Waals surface area (Å²) in [5.41, 5.74) is 1.89. The molecule has 1 aromatic rings. The number of ether oxygens (including phenoxy) is 1. The van der Waals surface area contributed by atoms with Gasteiger partial charge in [0, 0.05) is 12.1 Å². The third-order valence-corrected chi connectivity index (χ3v) is 2.45. The first kappa shape index (κ1) is 11.4. The van der Waals surface area contributed by atoms with Gasteiger partial charge in [-0.1, -0.05) is 23.2 Å². The molecule has 0 aromatic carbocycles. The minimum atomic E-state index is 0.383. The van der Waals surface area contributed by atoms with Gasteiger partial charge in [-0.05, 0) is 17.7 Å². The van der Waals surface area contributed by atoms with E-state index in [9.17, 15) is 0 Å². The first-order valence-corrected chi connectivity index (χ1v) is 5.40. The molecule has 0 bridgehead atoms. The maximum Gasteiger partial charge on any atom is 0.311 e. The van der Waals surface area contributed by atoms with Crippen molar-refractivity contribution in [3.05, 3.63) is 28.0 Å². The van der Waals surface area contributed by atoms with Crippen LogP contribution in [0.25, 0.3) is 0 Å². The van der Waals surface area contributed by atoms with Crippen LogP contribution in [0.2, 0.25) is 10.3 Å². The van der Waals surface area contributed by atoms with E-state index in [0.717, 1.165) is 11.3 Å². The second-order valence-electron chi connectivity index (χ2n) is 3.28. The van der Waals surface area contributed by atoms with E-state index in [1.54, 1.807) is 19.2 Å². The summed E-state index contributed by atoms with van der Waals surface area (Å²) in [6.07, 6.45) is 0.651. The zero-order valence-corrected chi connectivity index (χ0v) is 10.1. The molecule has 0 saturated carbocycles. The van der Waals surface area contributed by atoms with Gasteiger partial charge >= 0.3 is 6.02 Å². The summed E-state index contributed by atoms with van der Waals surface area (Å²) in [5.74, 6) is 0. The van der Waals surface area contributed by atoms with Crippen LogP contribution in [-0.4, -0.2) is 30.4 Å². The number of rotatable bonds is 2. The molecule has 0 fully saturated rings. The highest BCUT2D eigenvalue weighted by molar-refractivity contribution is 6.32. The quantitative estimate of drug-likeness (QED) is 0.764. The van der Waals surface area contributed by atoms with Gasteiger partial charge in [0.25, 0.3) is 0 Å². The maximum absolute atomic E-state index is 5.80. The van der Waals surface area contributed by atoms with Crippen LogP contribution >= 0.6 is 23.2 Å². The summed E-state index contributed by atoms with van der Waals surface area (Å²) in [6.45, 7) is 0.556. The molecule has 16 heavy (non-hydrogen) atoms. The fourth-order valence-corrected chi connectivity index (χ4v) is 1.93. The Morgan fingerprint density at radius 2 is 2.00 bits per heavy atom. The van der Waals surface area contributed by atoms with Gasteiger partial charge < -0.3 is 4.74 Å². The van der Waals surface area contributed by atoms with Crippen LogP contribution in [0.4, 0.5) is 0 Å². The second kappa shape index (κ2) is 4.80. The molecule has 1 aliphatic rings. The van der Waals surface area contributed by atoms with E-state index < -0.39 is 0 Å². The molecule has 6 heteroatoms. The minimum absolute atomic E-state index is 0.383. The van der Waals surface area contributed by atoms with Crippen molar-refractivity contribution >= 4 is 34.9 Å². The molecule has 1 aromatic heterocycles. The standard InChI is InChI=1S/C10H9Cl2N3O/c1-16-10-13-5-7(14-10)2-6-3-8(11)15-9(12)4-6/h3-4H,2,5H2,1H3. The number of aromatic nitrogens is 1. The normalized spacial score (nSPS) is 14.7. The zero-order valence-electron chi connectivity index (χ0n) is 8.57. The Bertz CT molecular complexity index is 451. The molecular formula is C10H9Cl2N3O. The fraction of sp³-hybridized carbons (Fsp3) is 0.300. The average Bonchev–Trinajstić information content (AvgIpc) is 2.64. The molecule has 1 aliphatic heterocycles. The van der Waals surface area contributed by atoms with Crippen LogP contribution in [0.5, 0.6) is 0 Å². The van der Waals surface area contributed by atoms with Gasteiger partial charge in [0.1, 0.15) is 10.3 Å². The highest BCUT2D eigenvalue weighted by atomic mass is 35.5. The third-order valence-electron chi connectivity index (χ3n) is 2.06. The molecule has 84 valence electrons. The molecule has 0 unspecified atom stereocenters. The SMILES string of the molecule is COC1=NCC(Cc2cc(Cl)nc(Cl)c2)=N1. The monoisotopic (exact) mass is 257 g/mol. The van der Waals surface area contributed by atoms with E-state index in [1.807, 2.05) is 0 Å². The number of nitrogens with zero attached hydrogens (tertiary/aromatic N) is 3. The van der Waals surface area contributed by atoms with Gasteiger partial charge in [-0.2, -0.15) is 0 Å². The van der Waals surface area contributed by atoms with Crippen LogP contribution in [0, 0.1) is 0 Å². The van der Waals surface area contributed by atoms with Gasteiger partial charge in [0.15, 0.2) is 0 Å². The number of pyridine rings is 1. The van der Waals surface area contributed by atoms with Crippen molar-refractivity contribution in [2.24, 2.45) is 9.98 Å². The third kappa shape index (κ3) is 2.71. The molecule has 0 N–H and O–H groups in total. The first-order valence-electron chi connectivity index (χ1n) is 4.64. The molecule has 0 atom stereocenters. The lowest BCUT2D eigenvalue weighted by molar-refractivity contribution is 0.398. The topological polar surface area (TPSA) is 46.8 Å². The molecule has 4 nitrogen and oxygen atoms in total. The smallest absolute Gasteiger partial charge is 0.311 e. The molecule has 0 spiro atoms. The number of amidine groups is 1. The van der Waals surface area contributed by atoms with Gasteiger partial charge in [-0.15, -0.1) is 0 Å². The first-order chi connectivity index (χ1) is 7.67. The van der Waals surface area contributed by atoms with Crippen molar-refractivity contribution in [1.82, 2.24) is 4.98 Å². The lowest BCUT2D eigenvalue weighted by Gasteiger charge is -2.01. The van der Waals surface area contributed by atoms with Crippen LogP contribution in [-0.2, 0) is 11.2 Å². The lowest BCUT2D eigenvalue weighted by Crippen LogP contribution is -2.04. The van der Waals surface area contributed by atoms with Crippen LogP contribution in [0.3, 0.4) is 0 Å². The van der Waals surface area contributed by atoms with Crippen molar-refractivity contribution in [3.8, 4) is 0 Å². The Kier molecular flexibility index (Phi) is 3.41. The van der Waals surface area contributed by atoms with E-state index in [0.29, 0.717) is 29.3 Å². The van der Waals surface area contributed by atoms with Crippen molar-refractivity contribution in [2.45, 2.75) is 6.42 Å². The molecule has 0 aliphatic carbocycles. The summed E-state index contributed by atoms with van der Waals surface area (Å²) in [6, 6.07) is 3.95. The van der Waals surface area contributed by atoms with E-state index in [4.69, 9.17) is 27.9 Å². The predicted octanol–water partition coefficient (Wildman–Crippen LogP) is 2.39. The molecule has 0 saturated heterocycles. The molecule has 0 amide bonds. The van der Waals surface area contributed by atoms with E-state index >= 15 is 0 Å². The van der Waals surface area contributed by atoms with Crippen LogP contribution in [0.15, 0.2) is 22.1 Å². The fourth-order valence-electron chi connectivity index (χ4n) is 1.42. The Morgan fingerprint density at radius 3 is 2.56 bits per heavy atom. The van der Waals surface area contributed by atoms with Crippen molar-refractivity contribution < 1.29 is 4.74 Å². The van der Waals surface area contributed by atoms with E-state index in [-0.39, 0.29) is 0 Å². The Labute approximate surface area is 103 Å². The van der Waals surface area contributed by atoms with Gasteiger partial charge in [0.2, 0.25) is 0 Å².